The van der Waals surface area contributed by atoms with E-state index in [2.05, 4.69) is 19.1 Å². The van der Waals surface area contributed by atoms with Crippen molar-refractivity contribution in [1.29, 1.82) is 0 Å². The lowest BCUT2D eigenvalue weighted by atomic mass is 9.73. The van der Waals surface area contributed by atoms with Crippen molar-refractivity contribution in [3.8, 4) is 5.75 Å². The predicted molar refractivity (Wildman–Crippen MR) is 143 cm³/mol. The Labute approximate surface area is 223 Å². The van der Waals surface area contributed by atoms with Crippen molar-refractivity contribution >= 4 is 17.5 Å². The van der Waals surface area contributed by atoms with Gasteiger partial charge >= 0.3 is 0 Å². The number of carbonyl (C=O) groups excluding carboxylic acids is 1. The van der Waals surface area contributed by atoms with Gasteiger partial charge in [0, 0.05) is 12.3 Å². The molecule has 37 heavy (non-hydrogen) atoms. The number of quaternary nitrogens is 1. The van der Waals surface area contributed by atoms with E-state index in [9.17, 15) is 9.90 Å². The Balaban J connectivity index is 1.38. The summed E-state index contributed by atoms with van der Waals surface area (Å²) in [4.78, 5) is 15.9. The molecule has 1 saturated carbocycles. The van der Waals surface area contributed by atoms with Crippen LogP contribution in [0.1, 0.15) is 66.1 Å². The van der Waals surface area contributed by atoms with Crippen LogP contribution in [0.2, 0.25) is 5.02 Å². The van der Waals surface area contributed by atoms with E-state index in [4.69, 9.17) is 26.5 Å². The van der Waals surface area contributed by atoms with Gasteiger partial charge in [-0.3, -0.25) is 4.79 Å². The van der Waals surface area contributed by atoms with E-state index in [0.717, 1.165) is 50.0 Å². The normalized spacial score (nSPS) is 16.3. The van der Waals surface area contributed by atoms with Gasteiger partial charge in [-0.1, -0.05) is 61.2 Å². The summed E-state index contributed by atoms with van der Waals surface area (Å²) in [7, 11) is 4.26. The molecule has 4 rings (SSSR count). The van der Waals surface area contributed by atoms with Crippen LogP contribution in [-0.4, -0.2) is 47.7 Å². The number of carbonyl (C=O) groups is 1. The van der Waals surface area contributed by atoms with Crippen LogP contribution in [0.15, 0.2) is 59.1 Å². The number of nitrogens with zero attached hydrogens (tertiary/aromatic N) is 2. The molecular formula is C29H37ClN3O4+. The van der Waals surface area contributed by atoms with Crippen LogP contribution < -0.4 is 10.5 Å². The summed E-state index contributed by atoms with van der Waals surface area (Å²) in [5.41, 5.74) is 5.19. The quantitative estimate of drug-likeness (QED) is 0.261. The van der Waals surface area contributed by atoms with Gasteiger partial charge in [0.15, 0.2) is 11.4 Å². The second kappa shape index (κ2) is 11.7. The minimum atomic E-state index is -1.23. The second-order valence-corrected chi connectivity index (χ2v) is 11.0. The van der Waals surface area contributed by atoms with E-state index < -0.39 is 11.5 Å². The fraction of sp³-hybridized carbons (Fsp3) is 0.448. The first-order valence-corrected chi connectivity index (χ1v) is 13.3. The number of ether oxygens (including phenoxy) is 1. The Bertz CT molecular complexity index is 1190. The topological polar surface area (TPSA) is 98.6 Å². The predicted octanol–water partition coefficient (Wildman–Crippen LogP) is 5.29. The van der Waals surface area contributed by atoms with Crippen molar-refractivity contribution in [2.24, 2.45) is 11.7 Å². The minimum absolute atomic E-state index is 0.0836. The minimum Gasteiger partial charge on any atom is -0.493 e. The number of hydrogen-bond acceptors (Lipinski definition) is 5. The third kappa shape index (κ3) is 6.53. The highest BCUT2D eigenvalue weighted by Crippen LogP contribution is 2.43. The Hall–Kier alpha value is -2.87. The number of primary amides is 1. The molecule has 0 radical (unpaired) electrons. The van der Waals surface area contributed by atoms with E-state index >= 15 is 0 Å². The second-order valence-electron chi connectivity index (χ2n) is 10.6. The molecule has 1 aliphatic rings. The Morgan fingerprint density at radius 2 is 1.92 bits per heavy atom. The summed E-state index contributed by atoms with van der Waals surface area (Å²) in [6.07, 6.45) is 7.91. The molecule has 2 aromatic carbocycles. The summed E-state index contributed by atoms with van der Waals surface area (Å²) >= 11 is 6.10. The van der Waals surface area contributed by atoms with Gasteiger partial charge in [-0.05, 0) is 36.6 Å². The molecule has 1 aromatic heterocycles. The molecule has 1 fully saturated rings. The zero-order valence-corrected chi connectivity index (χ0v) is 22.4. The average Bonchev–Trinajstić information content (AvgIpc) is 3.35. The summed E-state index contributed by atoms with van der Waals surface area (Å²) in [6.45, 7) is 1.99. The summed E-state index contributed by atoms with van der Waals surface area (Å²) in [5.74, 6) is 1.26. The van der Waals surface area contributed by atoms with E-state index in [0.29, 0.717) is 29.3 Å². The Morgan fingerprint density at radius 1 is 1.19 bits per heavy atom. The molecule has 7 nitrogen and oxygen atoms in total. The molecular weight excluding hydrogens is 490 g/mol. The van der Waals surface area contributed by atoms with E-state index in [1.165, 1.54) is 6.42 Å². The van der Waals surface area contributed by atoms with E-state index in [-0.39, 0.29) is 16.5 Å². The molecule has 0 aliphatic heterocycles. The number of rotatable bonds is 11. The van der Waals surface area contributed by atoms with Gasteiger partial charge in [0.05, 0.1) is 44.0 Å². The third-order valence-electron chi connectivity index (χ3n) is 7.26. The van der Waals surface area contributed by atoms with Gasteiger partial charge in [0.2, 0.25) is 11.8 Å². The molecule has 1 heterocycles. The standard InChI is InChI=1S/C29H36ClN3O4/c1-33(2,16-9-17-36-23-14-15-25(27(31)34)26(30)18-23)20-24-19-32-28(37-24)29(35,21-10-5-3-6-11-21)22-12-7-4-8-13-22/h3,5-6,10-11,14-15,18-19,22,35H,4,7-9,12-13,16-17,20H2,1-2H3,(H-,31,34)/p+1. The Morgan fingerprint density at radius 3 is 2.59 bits per heavy atom. The molecule has 0 saturated heterocycles. The van der Waals surface area contributed by atoms with Crippen molar-refractivity contribution in [1.82, 2.24) is 4.98 Å². The maximum absolute atomic E-state index is 12.0. The lowest BCUT2D eigenvalue weighted by molar-refractivity contribution is -0.904. The number of aromatic nitrogens is 1. The van der Waals surface area contributed by atoms with Crippen molar-refractivity contribution < 1.29 is 23.5 Å². The lowest BCUT2D eigenvalue weighted by Crippen LogP contribution is -2.40. The van der Waals surface area contributed by atoms with E-state index in [1.54, 1.807) is 24.4 Å². The first-order valence-electron chi connectivity index (χ1n) is 13.0. The van der Waals surface area contributed by atoms with Crippen LogP contribution in [0.3, 0.4) is 0 Å². The number of aliphatic hydroxyl groups is 1. The molecule has 3 N–H and O–H groups in total. The monoisotopic (exact) mass is 526 g/mol. The average molecular weight is 527 g/mol. The highest BCUT2D eigenvalue weighted by atomic mass is 35.5. The molecule has 1 unspecified atom stereocenters. The van der Waals surface area contributed by atoms with Crippen LogP contribution in [0, 0.1) is 5.92 Å². The fourth-order valence-electron chi connectivity index (χ4n) is 5.27. The largest absolute Gasteiger partial charge is 0.493 e. The van der Waals surface area contributed by atoms with Gasteiger partial charge in [0.25, 0.3) is 0 Å². The number of halogens is 1. The van der Waals surface area contributed by atoms with Crippen LogP contribution in [-0.2, 0) is 12.1 Å². The van der Waals surface area contributed by atoms with Crippen LogP contribution in [0.5, 0.6) is 5.75 Å². The number of oxazole rings is 1. The van der Waals surface area contributed by atoms with Gasteiger partial charge in [-0.2, -0.15) is 0 Å². The molecule has 1 aliphatic carbocycles. The molecule has 8 heteroatoms. The van der Waals surface area contributed by atoms with Crippen molar-refractivity contribution in [3.05, 3.63) is 82.5 Å². The summed E-state index contributed by atoms with van der Waals surface area (Å²) in [5, 5.41) is 12.3. The van der Waals surface area contributed by atoms with Crippen molar-refractivity contribution in [2.75, 3.05) is 27.2 Å². The number of amides is 1. The number of hydrogen-bond donors (Lipinski definition) is 2. The highest BCUT2D eigenvalue weighted by Gasteiger charge is 2.44. The molecule has 1 atom stereocenters. The number of benzene rings is 2. The highest BCUT2D eigenvalue weighted by molar-refractivity contribution is 6.33. The third-order valence-corrected chi connectivity index (χ3v) is 7.57. The van der Waals surface area contributed by atoms with Crippen LogP contribution in [0.4, 0.5) is 0 Å². The molecule has 0 spiro atoms. The van der Waals surface area contributed by atoms with Crippen LogP contribution in [0.25, 0.3) is 0 Å². The van der Waals surface area contributed by atoms with Gasteiger partial charge in [-0.25, -0.2) is 4.98 Å². The van der Waals surface area contributed by atoms with Gasteiger partial charge < -0.3 is 24.5 Å². The Kier molecular flexibility index (Phi) is 8.57. The van der Waals surface area contributed by atoms with Crippen LogP contribution >= 0.6 is 11.6 Å². The van der Waals surface area contributed by atoms with E-state index in [1.807, 2.05) is 30.3 Å². The molecule has 3 aromatic rings. The SMILES string of the molecule is C[N+](C)(CCCOc1ccc(C(N)=O)c(Cl)c1)Cc1cnc(C(O)(c2ccccc2)C2CCCCC2)o1. The first-order chi connectivity index (χ1) is 17.7. The zero-order valence-electron chi connectivity index (χ0n) is 21.7. The summed E-state index contributed by atoms with van der Waals surface area (Å²) < 4.78 is 12.7. The number of nitrogens with two attached hydrogens (primary N) is 1. The zero-order chi connectivity index (χ0) is 26.5. The van der Waals surface area contributed by atoms with Gasteiger partial charge in [-0.15, -0.1) is 0 Å². The first kappa shape index (κ1) is 27.2. The smallest absolute Gasteiger partial charge is 0.250 e. The van der Waals surface area contributed by atoms with Crippen molar-refractivity contribution in [3.63, 3.8) is 0 Å². The molecule has 0 bridgehead atoms. The lowest BCUT2D eigenvalue weighted by Gasteiger charge is -2.36. The maximum Gasteiger partial charge on any atom is 0.250 e. The maximum atomic E-state index is 12.0. The molecule has 198 valence electrons. The fourth-order valence-corrected chi connectivity index (χ4v) is 5.54. The van der Waals surface area contributed by atoms with Crippen molar-refractivity contribution in [2.45, 2.75) is 50.7 Å². The van der Waals surface area contributed by atoms with Gasteiger partial charge in [0.1, 0.15) is 12.3 Å². The molecule has 1 amide bonds. The summed E-state index contributed by atoms with van der Waals surface area (Å²) in [6, 6.07) is 14.7.